The van der Waals surface area contributed by atoms with Crippen molar-refractivity contribution in [2.24, 2.45) is 0 Å². The zero-order valence-electron chi connectivity index (χ0n) is 11.9. The van der Waals surface area contributed by atoms with Gasteiger partial charge in [-0.2, -0.15) is 0 Å². The summed E-state index contributed by atoms with van der Waals surface area (Å²) in [5, 5.41) is 20.0. The van der Waals surface area contributed by atoms with Gasteiger partial charge in [-0.15, -0.1) is 11.3 Å². The van der Waals surface area contributed by atoms with Crippen LogP contribution >= 0.6 is 11.3 Å². The first-order chi connectivity index (χ1) is 11.0. The number of non-ortho nitro benzene ring substituents is 1. The fourth-order valence-corrected chi connectivity index (χ4v) is 2.35. The number of carbonyl (C=O) groups excluding carboxylic acids is 2. The lowest BCUT2D eigenvalue weighted by Crippen LogP contribution is -2.41. The number of imide groups is 1. The van der Waals surface area contributed by atoms with Gasteiger partial charge in [-0.25, -0.2) is 4.79 Å². The third-order valence-electron chi connectivity index (χ3n) is 2.77. The average molecular weight is 334 g/mol. The van der Waals surface area contributed by atoms with E-state index in [0.717, 1.165) is 4.88 Å². The lowest BCUT2D eigenvalue weighted by Gasteiger charge is -2.07. The van der Waals surface area contributed by atoms with Crippen molar-refractivity contribution in [3.63, 3.8) is 0 Å². The van der Waals surface area contributed by atoms with Crippen molar-refractivity contribution in [3.8, 4) is 0 Å². The monoisotopic (exact) mass is 334 g/mol. The number of hydrogen-bond acceptors (Lipinski definition) is 6. The topological polar surface area (TPSA) is 113 Å². The Hall–Kier alpha value is -2.94. The Labute approximate surface area is 135 Å². The predicted octanol–water partition coefficient (Wildman–Crippen LogP) is 2.09. The van der Waals surface area contributed by atoms with E-state index in [-0.39, 0.29) is 12.2 Å². The Morgan fingerprint density at radius 3 is 2.74 bits per heavy atom. The van der Waals surface area contributed by atoms with Crippen LogP contribution in [-0.2, 0) is 11.3 Å². The zero-order valence-corrected chi connectivity index (χ0v) is 12.8. The van der Waals surface area contributed by atoms with Crippen LogP contribution in [0.15, 0.2) is 41.8 Å². The van der Waals surface area contributed by atoms with Crippen LogP contribution in [0.1, 0.15) is 4.88 Å². The van der Waals surface area contributed by atoms with Gasteiger partial charge in [0.05, 0.1) is 18.0 Å². The molecule has 120 valence electrons. The molecule has 23 heavy (non-hydrogen) atoms. The molecule has 0 saturated heterocycles. The van der Waals surface area contributed by atoms with Crippen LogP contribution in [0.3, 0.4) is 0 Å². The van der Waals surface area contributed by atoms with Crippen LogP contribution < -0.4 is 16.0 Å². The van der Waals surface area contributed by atoms with Gasteiger partial charge in [-0.3, -0.25) is 20.2 Å². The van der Waals surface area contributed by atoms with Crippen LogP contribution in [0.2, 0.25) is 0 Å². The third-order valence-corrected chi connectivity index (χ3v) is 3.64. The minimum absolute atomic E-state index is 0.0795. The van der Waals surface area contributed by atoms with Gasteiger partial charge in [0.1, 0.15) is 0 Å². The highest BCUT2D eigenvalue weighted by Crippen LogP contribution is 2.16. The lowest BCUT2D eigenvalue weighted by atomic mass is 10.3. The average Bonchev–Trinajstić information content (AvgIpc) is 3.04. The van der Waals surface area contributed by atoms with Crippen LogP contribution in [0, 0.1) is 10.1 Å². The summed E-state index contributed by atoms with van der Waals surface area (Å²) >= 11 is 1.50. The van der Waals surface area contributed by atoms with Crippen LogP contribution in [0.25, 0.3) is 0 Å². The molecule has 0 unspecified atom stereocenters. The first-order valence-corrected chi connectivity index (χ1v) is 7.51. The van der Waals surface area contributed by atoms with Gasteiger partial charge in [0.25, 0.3) is 5.69 Å². The SMILES string of the molecule is O=C(CNc1cccc([N+](=O)[O-])c1)NC(=O)NCc1cccs1. The van der Waals surface area contributed by atoms with E-state index in [4.69, 9.17) is 0 Å². The molecule has 0 saturated carbocycles. The molecule has 0 aliphatic carbocycles. The number of anilines is 1. The largest absolute Gasteiger partial charge is 0.376 e. The Balaban J connectivity index is 1.75. The highest BCUT2D eigenvalue weighted by Gasteiger charge is 2.09. The molecule has 0 aliphatic heterocycles. The van der Waals surface area contributed by atoms with Gasteiger partial charge in [0, 0.05) is 22.7 Å². The van der Waals surface area contributed by atoms with E-state index in [1.54, 1.807) is 6.07 Å². The quantitative estimate of drug-likeness (QED) is 0.553. The molecule has 3 N–H and O–H groups in total. The number of thiophene rings is 1. The molecule has 0 radical (unpaired) electrons. The number of amides is 3. The maximum atomic E-state index is 11.6. The fourth-order valence-electron chi connectivity index (χ4n) is 1.71. The highest BCUT2D eigenvalue weighted by molar-refractivity contribution is 7.09. The summed E-state index contributed by atoms with van der Waals surface area (Å²) in [7, 11) is 0. The first-order valence-electron chi connectivity index (χ1n) is 6.63. The highest BCUT2D eigenvalue weighted by atomic mass is 32.1. The van der Waals surface area contributed by atoms with Gasteiger partial charge >= 0.3 is 6.03 Å². The molecule has 0 aliphatic rings. The van der Waals surface area contributed by atoms with Gasteiger partial charge < -0.3 is 10.6 Å². The minimum Gasteiger partial charge on any atom is -0.376 e. The molecular weight excluding hydrogens is 320 g/mol. The van der Waals surface area contributed by atoms with Crippen molar-refractivity contribution in [3.05, 3.63) is 56.8 Å². The van der Waals surface area contributed by atoms with E-state index in [0.29, 0.717) is 12.2 Å². The first kappa shape index (κ1) is 16.4. The lowest BCUT2D eigenvalue weighted by molar-refractivity contribution is -0.384. The second kappa shape index (κ2) is 7.90. The molecule has 2 rings (SSSR count). The molecule has 3 amide bonds. The summed E-state index contributed by atoms with van der Waals surface area (Å²) < 4.78 is 0. The molecular formula is C14H14N4O4S. The van der Waals surface area contributed by atoms with E-state index in [1.165, 1.54) is 29.5 Å². The maximum absolute atomic E-state index is 11.6. The normalized spacial score (nSPS) is 9.91. The summed E-state index contributed by atoms with van der Waals surface area (Å²) in [5.41, 5.74) is 0.345. The molecule has 2 aromatic rings. The van der Waals surface area contributed by atoms with Crippen molar-refractivity contribution < 1.29 is 14.5 Å². The molecule has 0 spiro atoms. The number of nitro groups is 1. The molecule has 1 heterocycles. The van der Waals surface area contributed by atoms with E-state index < -0.39 is 16.9 Å². The second-order valence-corrected chi connectivity index (χ2v) is 5.50. The van der Waals surface area contributed by atoms with Gasteiger partial charge in [0.2, 0.25) is 5.91 Å². The summed E-state index contributed by atoms with van der Waals surface area (Å²) in [6.07, 6.45) is 0. The van der Waals surface area contributed by atoms with Gasteiger partial charge in [-0.1, -0.05) is 12.1 Å². The van der Waals surface area contributed by atoms with Crippen molar-refractivity contribution in [2.75, 3.05) is 11.9 Å². The maximum Gasteiger partial charge on any atom is 0.321 e. The number of nitrogens with zero attached hydrogens (tertiary/aromatic N) is 1. The minimum atomic E-state index is -0.593. The molecule has 1 aromatic carbocycles. The smallest absolute Gasteiger partial charge is 0.321 e. The number of rotatable bonds is 6. The Bertz CT molecular complexity index is 703. The Morgan fingerprint density at radius 2 is 2.04 bits per heavy atom. The molecule has 0 fully saturated rings. The molecule has 0 bridgehead atoms. The van der Waals surface area contributed by atoms with Crippen molar-refractivity contribution in [1.82, 2.24) is 10.6 Å². The zero-order chi connectivity index (χ0) is 16.7. The van der Waals surface area contributed by atoms with E-state index >= 15 is 0 Å². The van der Waals surface area contributed by atoms with Crippen LogP contribution in [0.4, 0.5) is 16.2 Å². The number of hydrogen-bond donors (Lipinski definition) is 3. The third kappa shape index (κ3) is 5.40. The standard InChI is InChI=1S/C14H14N4O4S/c19-13(17-14(20)16-8-12-5-2-6-23-12)9-15-10-3-1-4-11(7-10)18(21)22/h1-7,15H,8-9H2,(H2,16,17,19,20). The summed E-state index contributed by atoms with van der Waals surface area (Å²) in [5.74, 6) is -0.541. The summed E-state index contributed by atoms with van der Waals surface area (Å²) in [6.45, 7) is 0.169. The van der Waals surface area contributed by atoms with Crippen LogP contribution in [0.5, 0.6) is 0 Å². The number of benzene rings is 1. The van der Waals surface area contributed by atoms with Gasteiger partial charge in [-0.05, 0) is 17.5 Å². The number of nitrogens with one attached hydrogen (secondary N) is 3. The predicted molar refractivity (Wildman–Crippen MR) is 86.3 cm³/mol. The number of urea groups is 1. The molecule has 1 aromatic heterocycles. The Kier molecular flexibility index (Phi) is 5.64. The number of carbonyl (C=O) groups is 2. The van der Waals surface area contributed by atoms with E-state index in [1.807, 2.05) is 17.5 Å². The van der Waals surface area contributed by atoms with Crippen molar-refractivity contribution in [1.29, 1.82) is 0 Å². The summed E-state index contributed by atoms with van der Waals surface area (Å²) in [6, 6.07) is 8.91. The fraction of sp³-hybridized carbons (Fsp3) is 0.143. The van der Waals surface area contributed by atoms with E-state index in [9.17, 15) is 19.7 Å². The van der Waals surface area contributed by atoms with Gasteiger partial charge in [0.15, 0.2) is 0 Å². The van der Waals surface area contributed by atoms with Crippen molar-refractivity contribution in [2.45, 2.75) is 6.54 Å². The van der Waals surface area contributed by atoms with Crippen molar-refractivity contribution >= 4 is 34.6 Å². The summed E-state index contributed by atoms with van der Waals surface area (Å²) in [4.78, 5) is 34.3. The van der Waals surface area contributed by atoms with E-state index in [2.05, 4.69) is 16.0 Å². The molecule has 0 atom stereocenters. The van der Waals surface area contributed by atoms with Crippen LogP contribution in [-0.4, -0.2) is 23.4 Å². The second-order valence-electron chi connectivity index (χ2n) is 4.47. The number of nitro benzene ring substituents is 1. The Morgan fingerprint density at radius 1 is 1.22 bits per heavy atom. The molecule has 8 nitrogen and oxygen atoms in total. The molecule has 9 heteroatoms.